The van der Waals surface area contributed by atoms with E-state index in [1.807, 2.05) is 0 Å². The number of rotatable bonds is 0. The molecule has 0 aromatic heterocycles. The van der Waals surface area contributed by atoms with E-state index in [1.54, 1.807) is 0 Å². The molecule has 0 aromatic rings. The first kappa shape index (κ1) is 25.7. The Morgan fingerprint density at radius 1 is 0.562 bits per heavy atom. The molecule has 0 spiro atoms. The van der Waals surface area contributed by atoms with Gasteiger partial charge in [-0.15, -0.1) is 0 Å². The molecule has 0 rings (SSSR count). The van der Waals surface area contributed by atoms with E-state index in [4.69, 9.17) is 52.6 Å². The standard InChI is InChI=1S/Gd.3H2O4S/c;3*1-5(2,3)4/h;3*(H2,1,2,3,4)/q+3;;;/p-3. The summed E-state index contributed by atoms with van der Waals surface area (Å²) in [7, 11) is -14.7. The van der Waals surface area contributed by atoms with E-state index >= 15 is 0 Å². The quantitative estimate of drug-likeness (QED) is 0.249. The molecule has 101 valence electrons. The van der Waals surface area contributed by atoms with Crippen LogP contribution in [0.1, 0.15) is 0 Å². The molecular weight excluding hydrogens is 445 g/mol. The molecule has 1 radical (unpaired) electrons. The molecule has 0 saturated heterocycles. The van der Waals surface area contributed by atoms with E-state index in [0.717, 1.165) is 0 Å². The fraction of sp³-hybridized carbons (Fsp3) is 0. The van der Waals surface area contributed by atoms with Crippen LogP contribution in [0, 0.1) is 39.9 Å². The first-order chi connectivity index (χ1) is 6.00. The van der Waals surface area contributed by atoms with Gasteiger partial charge in [0.1, 0.15) is 0 Å². The zero-order valence-electron chi connectivity index (χ0n) is 6.59. The average Bonchev–Trinajstić information content (AvgIpc) is 1.41. The maximum atomic E-state index is 8.63. The summed E-state index contributed by atoms with van der Waals surface area (Å²) in [6.45, 7) is 0. The van der Waals surface area contributed by atoms with Gasteiger partial charge in [0, 0.05) is 0 Å². The second-order valence-corrected chi connectivity index (χ2v) is 3.85. The van der Waals surface area contributed by atoms with E-state index in [2.05, 4.69) is 0 Å². The molecule has 12 nitrogen and oxygen atoms in total. The minimum absolute atomic E-state index is 0. The van der Waals surface area contributed by atoms with Crippen molar-refractivity contribution in [3.63, 3.8) is 0 Å². The predicted molar refractivity (Wildman–Crippen MR) is 37.0 cm³/mol. The van der Waals surface area contributed by atoms with Gasteiger partial charge in [0.05, 0.1) is 0 Å². The third-order valence-corrected chi connectivity index (χ3v) is 0. The van der Waals surface area contributed by atoms with Gasteiger partial charge in [0.15, 0.2) is 0 Å². The molecule has 0 fully saturated rings. The second kappa shape index (κ2) is 9.91. The number of hydrogen-bond donors (Lipinski definition) is 3. The largest absolute Gasteiger partial charge is 3.00 e. The first-order valence-corrected chi connectivity index (χ1v) is 6.14. The molecule has 0 aliphatic carbocycles. The second-order valence-electron chi connectivity index (χ2n) is 1.28. The normalized spacial score (nSPS) is 10.9. The fourth-order valence-electron chi connectivity index (χ4n) is 0. The molecule has 0 unspecified atom stereocenters. The van der Waals surface area contributed by atoms with Crippen LogP contribution < -0.4 is 0 Å². The van der Waals surface area contributed by atoms with Crippen LogP contribution in [0.4, 0.5) is 0 Å². The van der Waals surface area contributed by atoms with Crippen LogP contribution >= 0.6 is 0 Å². The van der Waals surface area contributed by atoms with Gasteiger partial charge in [-0.2, -0.15) is 0 Å². The number of hydrogen-bond acceptors (Lipinski definition) is 9. The molecule has 0 atom stereocenters. The van der Waals surface area contributed by atoms with Gasteiger partial charge in [-0.25, -0.2) is 25.3 Å². The van der Waals surface area contributed by atoms with Crippen LogP contribution in [-0.2, 0) is 31.2 Å². The van der Waals surface area contributed by atoms with Crippen molar-refractivity contribution in [2.24, 2.45) is 0 Å². The monoisotopic (exact) mass is 449 g/mol. The molecule has 0 heterocycles. The summed E-state index contributed by atoms with van der Waals surface area (Å²) in [6, 6.07) is 0. The third-order valence-electron chi connectivity index (χ3n) is 0. The smallest absolute Gasteiger partial charge is 0.726 e. The molecular formula is H3GdO12S3. The van der Waals surface area contributed by atoms with Crippen molar-refractivity contribution in [3.8, 4) is 0 Å². The third kappa shape index (κ3) is 3320. The summed E-state index contributed by atoms with van der Waals surface area (Å²) in [5, 5.41) is 0. The Labute approximate surface area is 122 Å². The molecule has 0 amide bonds. The van der Waals surface area contributed by atoms with Gasteiger partial charge in [0.25, 0.3) is 0 Å². The summed E-state index contributed by atoms with van der Waals surface area (Å²) in [4.78, 5) is 0. The van der Waals surface area contributed by atoms with Crippen LogP contribution in [0.25, 0.3) is 0 Å². The van der Waals surface area contributed by atoms with Crippen LogP contribution in [0.2, 0.25) is 0 Å². The Kier molecular flexibility index (Phi) is 15.9. The van der Waals surface area contributed by atoms with Crippen LogP contribution in [0.5, 0.6) is 0 Å². The van der Waals surface area contributed by atoms with Gasteiger partial charge in [-0.05, 0) is 0 Å². The molecule has 3 N–H and O–H groups in total. The molecule has 16 heteroatoms. The van der Waals surface area contributed by atoms with Crippen molar-refractivity contribution in [2.45, 2.75) is 0 Å². The van der Waals surface area contributed by atoms with E-state index in [0.29, 0.717) is 0 Å². The Balaban J connectivity index is -0.0000000655. The zero-order chi connectivity index (χ0) is 13.5. The van der Waals surface area contributed by atoms with E-state index < -0.39 is 31.2 Å². The van der Waals surface area contributed by atoms with Crippen molar-refractivity contribution in [3.05, 3.63) is 0 Å². The minimum Gasteiger partial charge on any atom is -0.726 e. The maximum Gasteiger partial charge on any atom is 3.00 e. The summed E-state index contributed by atoms with van der Waals surface area (Å²) < 4.78 is 98.5. The average molecular weight is 448 g/mol. The van der Waals surface area contributed by atoms with Gasteiger partial charge in [-0.3, -0.25) is 13.7 Å². The first-order valence-electron chi connectivity index (χ1n) is 2.05. The van der Waals surface area contributed by atoms with Gasteiger partial charge in [0.2, 0.25) is 31.2 Å². The molecule has 0 saturated carbocycles. The Hall–Kier alpha value is 0.935. The van der Waals surface area contributed by atoms with Crippen molar-refractivity contribution in [1.82, 2.24) is 0 Å². The van der Waals surface area contributed by atoms with Gasteiger partial charge >= 0.3 is 39.9 Å². The Morgan fingerprint density at radius 3 is 0.562 bits per heavy atom. The topological polar surface area (TPSA) is 232 Å². The minimum atomic E-state index is -4.92. The van der Waals surface area contributed by atoms with Crippen molar-refractivity contribution in [2.75, 3.05) is 0 Å². The van der Waals surface area contributed by atoms with Crippen LogP contribution in [0.3, 0.4) is 0 Å². The fourth-order valence-corrected chi connectivity index (χ4v) is 0. The summed E-state index contributed by atoms with van der Waals surface area (Å²) in [5.74, 6) is 0. The summed E-state index contributed by atoms with van der Waals surface area (Å²) in [5.41, 5.74) is 0. The molecule has 0 aliphatic heterocycles. The van der Waals surface area contributed by atoms with Crippen LogP contribution in [-0.4, -0.2) is 52.6 Å². The van der Waals surface area contributed by atoms with Crippen molar-refractivity contribution >= 4 is 31.2 Å². The Morgan fingerprint density at radius 2 is 0.562 bits per heavy atom. The predicted octanol–water partition coefficient (Wildman–Crippen LogP) is -2.99. The summed E-state index contributed by atoms with van der Waals surface area (Å²) in [6.07, 6.45) is 0. The Bertz CT molecular complexity index is 337. The van der Waals surface area contributed by atoms with Gasteiger partial charge in [-0.1, -0.05) is 0 Å². The zero-order valence-corrected chi connectivity index (χ0v) is 11.3. The van der Waals surface area contributed by atoms with Crippen molar-refractivity contribution in [1.29, 1.82) is 0 Å². The van der Waals surface area contributed by atoms with Crippen LogP contribution in [0.15, 0.2) is 0 Å². The molecule has 0 bridgehead atoms. The van der Waals surface area contributed by atoms with E-state index in [-0.39, 0.29) is 39.9 Å². The van der Waals surface area contributed by atoms with Gasteiger partial charge < -0.3 is 13.7 Å². The molecule has 0 aromatic carbocycles. The molecule has 0 aliphatic rings. The van der Waals surface area contributed by atoms with Crippen molar-refractivity contribution < 1.29 is 92.5 Å². The molecule has 16 heavy (non-hydrogen) atoms. The summed E-state index contributed by atoms with van der Waals surface area (Å²) >= 11 is 0. The maximum absolute atomic E-state index is 8.63. The SMILES string of the molecule is O=S(=O)([O-])O.O=S(=O)([O-])O.O=S(=O)([O-])O.[Gd+3]. The van der Waals surface area contributed by atoms with E-state index in [1.165, 1.54) is 0 Å². The van der Waals surface area contributed by atoms with E-state index in [9.17, 15) is 0 Å².